The zero-order chi connectivity index (χ0) is 14.5. The molecule has 1 heterocycles. The van der Waals surface area contributed by atoms with Crippen molar-refractivity contribution in [2.24, 2.45) is 4.99 Å². The Balaban J connectivity index is 1.72. The highest BCUT2D eigenvalue weighted by Gasteiger charge is 2.08. The van der Waals surface area contributed by atoms with Crippen LogP contribution in [0.4, 0.5) is 0 Å². The van der Waals surface area contributed by atoms with Gasteiger partial charge in [-0.2, -0.15) is 0 Å². The second-order valence-electron chi connectivity index (χ2n) is 4.92. The van der Waals surface area contributed by atoms with Crippen molar-refractivity contribution in [1.82, 2.24) is 5.32 Å². The molecule has 0 saturated heterocycles. The van der Waals surface area contributed by atoms with Gasteiger partial charge in [0.2, 0.25) is 0 Å². The summed E-state index contributed by atoms with van der Waals surface area (Å²) in [6, 6.07) is 16.2. The van der Waals surface area contributed by atoms with Crippen molar-refractivity contribution < 1.29 is 4.74 Å². The van der Waals surface area contributed by atoms with Gasteiger partial charge < -0.3 is 10.1 Å². The van der Waals surface area contributed by atoms with Crippen LogP contribution < -0.4 is 10.1 Å². The number of hydrogen-bond donors (Lipinski definition) is 1. The topological polar surface area (TPSA) is 33.6 Å². The van der Waals surface area contributed by atoms with E-state index >= 15 is 0 Å². The van der Waals surface area contributed by atoms with Crippen LogP contribution in [0.15, 0.2) is 58.0 Å². The highest BCUT2D eigenvalue weighted by molar-refractivity contribution is 9.10. The van der Waals surface area contributed by atoms with E-state index in [2.05, 4.69) is 38.4 Å². The number of nitrogens with one attached hydrogen (secondary N) is 1. The second-order valence-corrected chi connectivity index (χ2v) is 5.77. The standard InChI is InChI=1S/C17H17BrN2O/c18-16-8-2-1-5-14(16)12-21-15-7-3-6-13(11-15)17-19-9-4-10-20-17/h1-3,5-8,11H,4,9-10,12H2,(H,19,20). The molecule has 0 aliphatic carbocycles. The molecule has 3 rings (SSSR count). The van der Waals surface area contributed by atoms with Gasteiger partial charge in [-0.3, -0.25) is 4.99 Å². The molecule has 0 bridgehead atoms. The Morgan fingerprint density at radius 2 is 2.05 bits per heavy atom. The van der Waals surface area contributed by atoms with Crippen molar-refractivity contribution in [3.05, 3.63) is 64.1 Å². The number of rotatable bonds is 4. The lowest BCUT2D eigenvalue weighted by Gasteiger charge is -2.15. The first kappa shape index (κ1) is 14.1. The van der Waals surface area contributed by atoms with Crippen LogP contribution in [0.5, 0.6) is 5.75 Å². The predicted molar refractivity (Wildman–Crippen MR) is 88.9 cm³/mol. The lowest BCUT2D eigenvalue weighted by molar-refractivity contribution is 0.305. The fraction of sp³-hybridized carbons (Fsp3) is 0.235. The smallest absolute Gasteiger partial charge is 0.128 e. The van der Waals surface area contributed by atoms with Crippen molar-refractivity contribution in [3.63, 3.8) is 0 Å². The molecule has 0 aromatic heterocycles. The van der Waals surface area contributed by atoms with E-state index in [9.17, 15) is 0 Å². The Morgan fingerprint density at radius 1 is 1.14 bits per heavy atom. The van der Waals surface area contributed by atoms with Crippen LogP contribution in [0, 0.1) is 0 Å². The molecule has 2 aromatic carbocycles. The van der Waals surface area contributed by atoms with E-state index in [4.69, 9.17) is 4.74 Å². The molecular weight excluding hydrogens is 328 g/mol. The second kappa shape index (κ2) is 6.76. The van der Waals surface area contributed by atoms with Gasteiger partial charge in [0.25, 0.3) is 0 Å². The summed E-state index contributed by atoms with van der Waals surface area (Å²) in [6.45, 7) is 2.43. The van der Waals surface area contributed by atoms with Gasteiger partial charge in [0.15, 0.2) is 0 Å². The van der Waals surface area contributed by atoms with Gasteiger partial charge in [0, 0.05) is 28.7 Å². The molecule has 0 fully saturated rings. The van der Waals surface area contributed by atoms with Crippen molar-refractivity contribution in [3.8, 4) is 5.75 Å². The van der Waals surface area contributed by atoms with Crippen molar-refractivity contribution in [2.75, 3.05) is 13.1 Å². The van der Waals surface area contributed by atoms with E-state index in [1.807, 2.05) is 36.4 Å². The fourth-order valence-corrected chi connectivity index (χ4v) is 2.63. The molecule has 1 aliphatic rings. The molecule has 2 aromatic rings. The Hall–Kier alpha value is -1.81. The number of ether oxygens (including phenoxy) is 1. The average Bonchev–Trinajstić information content (AvgIpc) is 2.55. The van der Waals surface area contributed by atoms with E-state index in [1.165, 1.54) is 0 Å². The van der Waals surface area contributed by atoms with E-state index in [1.54, 1.807) is 0 Å². The normalized spacial score (nSPS) is 14.2. The summed E-state index contributed by atoms with van der Waals surface area (Å²) in [7, 11) is 0. The van der Waals surface area contributed by atoms with Crippen LogP contribution in [0.1, 0.15) is 17.5 Å². The Labute approximate surface area is 133 Å². The van der Waals surface area contributed by atoms with Gasteiger partial charge in [-0.05, 0) is 24.6 Å². The largest absolute Gasteiger partial charge is 0.489 e. The summed E-state index contributed by atoms with van der Waals surface area (Å²) in [5.41, 5.74) is 2.22. The molecule has 4 heteroatoms. The molecule has 3 nitrogen and oxygen atoms in total. The van der Waals surface area contributed by atoms with Gasteiger partial charge in [-0.25, -0.2) is 0 Å². The van der Waals surface area contributed by atoms with Crippen molar-refractivity contribution in [2.45, 2.75) is 13.0 Å². The number of halogens is 1. The van der Waals surface area contributed by atoms with Gasteiger partial charge in [0.1, 0.15) is 18.2 Å². The Bertz CT molecular complexity index is 655. The molecular formula is C17H17BrN2O. The van der Waals surface area contributed by atoms with Gasteiger partial charge in [-0.15, -0.1) is 0 Å². The van der Waals surface area contributed by atoms with Crippen LogP contribution in [0.25, 0.3) is 0 Å². The van der Waals surface area contributed by atoms with E-state index in [0.717, 1.165) is 46.7 Å². The van der Waals surface area contributed by atoms with Gasteiger partial charge in [-0.1, -0.05) is 46.3 Å². The molecule has 1 aliphatic heterocycles. The van der Waals surface area contributed by atoms with Gasteiger partial charge >= 0.3 is 0 Å². The molecule has 0 spiro atoms. The van der Waals surface area contributed by atoms with Crippen LogP contribution in [-0.2, 0) is 6.61 Å². The summed E-state index contributed by atoms with van der Waals surface area (Å²) in [4.78, 5) is 4.52. The summed E-state index contributed by atoms with van der Waals surface area (Å²) >= 11 is 3.54. The number of nitrogens with zero attached hydrogens (tertiary/aromatic N) is 1. The highest BCUT2D eigenvalue weighted by Crippen LogP contribution is 2.20. The first-order valence-corrected chi connectivity index (χ1v) is 7.87. The van der Waals surface area contributed by atoms with Gasteiger partial charge in [0.05, 0.1) is 0 Å². The SMILES string of the molecule is Brc1ccccc1COc1cccc(C2=NCCCN2)c1. The zero-order valence-electron chi connectivity index (χ0n) is 11.7. The lowest BCUT2D eigenvalue weighted by Crippen LogP contribution is -2.30. The minimum absolute atomic E-state index is 0.546. The molecule has 0 amide bonds. The molecule has 0 atom stereocenters. The molecule has 0 radical (unpaired) electrons. The third-order valence-corrected chi connectivity index (χ3v) is 4.13. The molecule has 1 N–H and O–H groups in total. The fourth-order valence-electron chi connectivity index (χ4n) is 2.24. The van der Waals surface area contributed by atoms with Crippen LogP contribution in [-0.4, -0.2) is 18.9 Å². The van der Waals surface area contributed by atoms with E-state index in [0.29, 0.717) is 6.61 Å². The monoisotopic (exact) mass is 344 g/mol. The number of aliphatic imine (C=N–C) groups is 1. The molecule has 0 saturated carbocycles. The summed E-state index contributed by atoms with van der Waals surface area (Å²) < 4.78 is 6.96. The van der Waals surface area contributed by atoms with Crippen LogP contribution in [0.3, 0.4) is 0 Å². The first-order chi connectivity index (χ1) is 10.3. The van der Waals surface area contributed by atoms with Crippen molar-refractivity contribution in [1.29, 1.82) is 0 Å². The molecule has 0 unspecified atom stereocenters. The van der Waals surface area contributed by atoms with E-state index < -0.39 is 0 Å². The van der Waals surface area contributed by atoms with E-state index in [-0.39, 0.29) is 0 Å². The summed E-state index contributed by atoms with van der Waals surface area (Å²) in [5.74, 6) is 1.82. The minimum Gasteiger partial charge on any atom is -0.489 e. The molecule has 21 heavy (non-hydrogen) atoms. The maximum absolute atomic E-state index is 5.89. The number of hydrogen-bond acceptors (Lipinski definition) is 3. The minimum atomic E-state index is 0.546. The van der Waals surface area contributed by atoms with Crippen LogP contribution >= 0.6 is 15.9 Å². The Kier molecular flexibility index (Phi) is 4.55. The number of benzene rings is 2. The third kappa shape index (κ3) is 3.64. The maximum atomic E-state index is 5.89. The third-order valence-electron chi connectivity index (χ3n) is 3.36. The first-order valence-electron chi connectivity index (χ1n) is 7.08. The van der Waals surface area contributed by atoms with Crippen molar-refractivity contribution >= 4 is 21.8 Å². The number of amidine groups is 1. The predicted octanol–water partition coefficient (Wildman–Crippen LogP) is 3.77. The molecule has 108 valence electrons. The zero-order valence-corrected chi connectivity index (χ0v) is 13.3. The average molecular weight is 345 g/mol. The maximum Gasteiger partial charge on any atom is 0.128 e. The highest BCUT2D eigenvalue weighted by atomic mass is 79.9. The van der Waals surface area contributed by atoms with Crippen LogP contribution in [0.2, 0.25) is 0 Å². The Morgan fingerprint density at radius 3 is 2.86 bits per heavy atom. The summed E-state index contributed by atoms with van der Waals surface area (Å²) in [5, 5.41) is 3.33. The lowest BCUT2D eigenvalue weighted by atomic mass is 10.1. The summed E-state index contributed by atoms with van der Waals surface area (Å²) in [6.07, 6.45) is 1.10. The quantitative estimate of drug-likeness (QED) is 0.915.